The lowest BCUT2D eigenvalue weighted by Crippen LogP contribution is -2.30. The highest BCUT2D eigenvalue weighted by atomic mass is 35.5. The second kappa shape index (κ2) is 8.90. The lowest BCUT2D eigenvalue weighted by molar-refractivity contribution is 0.0717. The Balaban J connectivity index is 1.90. The fraction of sp³-hybridized carbons (Fsp3) is 0.150. The quantitative estimate of drug-likeness (QED) is 0.481. The molecule has 0 spiro atoms. The van der Waals surface area contributed by atoms with Gasteiger partial charge in [0.05, 0.1) is 29.6 Å². The van der Waals surface area contributed by atoms with E-state index >= 15 is 0 Å². The number of halogens is 2. The van der Waals surface area contributed by atoms with Gasteiger partial charge >= 0.3 is 10.1 Å². The maximum Gasteiger partial charge on any atom is 0.306 e. The maximum absolute atomic E-state index is 13.2. The number of hydrogen-bond acceptors (Lipinski definition) is 5. The van der Waals surface area contributed by atoms with E-state index in [1.54, 1.807) is 42.5 Å². The summed E-state index contributed by atoms with van der Waals surface area (Å²) in [6, 6.07) is 14.6. The van der Waals surface area contributed by atoms with Crippen molar-refractivity contribution in [2.75, 3.05) is 6.26 Å². The third-order valence-corrected chi connectivity index (χ3v) is 4.94. The molecule has 6 nitrogen and oxygen atoms in total. The predicted molar refractivity (Wildman–Crippen MR) is 111 cm³/mol. The standard InChI is InChI=1S/C20H17Cl2NO5S/c1-29(25,26)28-16-5-2-4-14(10-16)12-23(13-17-6-3-9-27-17)20(24)18-8-7-15(21)11-19(18)22/h2-11H,12-13H2,1H3. The first-order chi connectivity index (χ1) is 13.7. The molecule has 152 valence electrons. The molecular formula is C20H17Cl2NO5S. The molecule has 29 heavy (non-hydrogen) atoms. The molecular weight excluding hydrogens is 437 g/mol. The number of benzene rings is 2. The van der Waals surface area contributed by atoms with Crippen LogP contribution in [0.5, 0.6) is 5.75 Å². The molecule has 2 aromatic carbocycles. The maximum atomic E-state index is 13.2. The third-order valence-electron chi connectivity index (χ3n) is 3.90. The van der Waals surface area contributed by atoms with Crippen LogP contribution in [0.15, 0.2) is 65.3 Å². The molecule has 0 saturated heterocycles. The minimum absolute atomic E-state index is 0.167. The van der Waals surface area contributed by atoms with Gasteiger partial charge in [0.25, 0.3) is 5.91 Å². The molecule has 1 amide bonds. The average Bonchev–Trinajstić information content (AvgIpc) is 3.13. The summed E-state index contributed by atoms with van der Waals surface area (Å²) in [5, 5.41) is 0.663. The van der Waals surface area contributed by atoms with Crippen molar-refractivity contribution in [2.45, 2.75) is 13.1 Å². The van der Waals surface area contributed by atoms with E-state index in [1.807, 2.05) is 0 Å². The Hall–Kier alpha value is -2.48. The van der Waals surface area contributed by atoms with E-state index in [1.165, 1.54) is 23.3 Å². The van der Waals surface area contributed by atoms with E-state index < -0.39 is 10.1 Å². The molecule has 0 fully saturated rings. The number of rotatable bonds is 7. The first-order valence-electron chi connectivity index (χ1n) is 8.46. The van der Waals surface area contributed by atoms with E-state index in [0.717, 1.165) is 6.26 Å². The molecule has 1 heterocycles. The van der Waals surface area contributed by atoms with Gasteiger partial charge in [-0.3, -0.25) is 4.79 Å². The highest BCUT2D eigenvalue weighted by molar-refractivity contribution is 7.86. The zero-order valence-electron chi connectivity index (χ0n) is 15.3. The van der Waals surface area contributed by atoms with Crippen LogP contribution in [0.2, 0.25) is 10.0 Å². The summed E-state index contributed by atoms with van der Waals surface area (Å²) >= 11 is 12.1. The van der Waals surface area contributed by atoms with Gasteiger partial charge in [-0.05, 0) is 48.0 Å². The van der Waals surface area contributed by atoms with E-state index in [2.05, 4.69) is 0 Å². The van der Waals surface area contributed by atoms with Crippen molar-refractivity contribution >= 4 is 39.2 Å². The number of hydrogen-bond donors (Lipinski definition) is 0. The summed E-state index contributed by atoms with van der Waals surface area (Å²) in [6.07, 6.45) is 2.49. The molecule has 0 N–H and O–H groups in total. The summed E-state index contributed by atoms with van der Waals surface area (Å²) < 4.78 is 33.1. The van der Waals surface area contributed by atoms with Crippen LogP contribution < -0.4 is 4.18 Å². The van der Waals surface area contributed by atoms with Crippen molar-refractivity contribution in [3.8, 4) is 5.75 Å². The number of nitrogens with zero attached hydrogens (tertiary/aromatic N) is 1. The summed E-state index contributed by atoms with van der Waals surface area (Å²) in [5.41, 5.74) is 0.974. The number of carbonyl (C=O) groups is 1. The largest absolute Gasteiger partial charge is 0.467 e. The Labute approximate surface area is 178 Å². The molecule has 0 saturated carbocycles. The first-order valence-corrected chi connectivity index (χ1v) is 11.0. The summed E-state index contributed by atoms with van der Waals surface area (Å²) in [6.45, 7) is 0.376. The molecule has 0 atom stereocenters. The van der Waals surface area contributed by atoms with Gasteiger partial charge in [-0.1, -0.05) is 35.3 Å². The van der Waals surface area contributed by atoms with E-state index in [9.17, 15) is 13.2 Å². The van der Waals surface area contributed by atoms with E-state index in [4.69, 9.17) is 31.8 Å². The van der Waals surface area contributed by atoms with Crippen LogP contribution in [-0.4, -0.2) is 25.5 Å². The van der Waals surface area contributed by atoms with Crippen molar-refractivity contribution in [2.24, 2.45) is 0 Å². The van der Waals surface area contributed by atoms with Crippen molar-refractivity contribution in [1.29, 1.82) is 0 Å². The monoisotopic (exact) mass is 453 g/mol. The van der Waals surface area contributed by atoms with Crippen LogP contribution in [0.1, 0.15) is 21.7 Å². The summed E-state index contributed by atoms with van der Waals surface area (Å²) in [5.74, 6) is 0.435. The molecule has 0 radical (unpaired) electrons. The normalized spacial score (nSPS) is 11.3. The van der Waals surface area contributed by atoms with Gasteiger partial charge in [-0.15, -0.1) is 0 Å². The highest BCUT2D eigenvalue weighted by Gasteiger charge is 2.21. The van der Waals surface area contributed by atoms with Crippen LogP contribution >= 0.6 is 23.2 Å². The highest BCUT2D eigenvalue weighted by Crippen LogP contribution is 2.25. The van der Waals surface area contributed by atoms with Crippen LogP contribution in [-0.2, 0) is 23.2 Å². The van der Waals surface area contributed by atoms with Crippen LogP contribution in [0.3, 0.4) is 0 Å². The van der Waals surface area contributed by atoms with Crippen molar-refractivity contribution < 1.29 is 21.8 Å². The molecule has 0 aliphatic rings. The number of amides is 1. The minimum Gasteiger partial charge on any atom is -0.467 e. The SMILES string of the molecule is CS(=O)(=O)Oc1cccc(CN(Cc2ccco2)C(=O)c2ccc(Cl)cc2Cl)c1. The smallest absolute Gasteiger partial charge is 0.306 e. The molecule has 0 aliphatic carbocycles. The Bertz CT molecular complexity index is 1110. The molecule has 3 rings (SSSR count). The molecule has 3 aromatic rings. The van der Waals surface area contributed by atoms with E-state index in [-0.39, 0.29) is 29.8 Å². The Kier molecular flexibility index (Phi) is 6.52. The van der Waals surface area contributed by atoms with Gasteiger partial charge in [-0.2, -0.15) is 8.42 Å². The Morgan fingerprint density at radius 2 is 1.86 bits per heavy atom. The molecule has 0 unspecified atom stereocenters. The van der Waals surface area contributed by atoms with Gasteiger partial charge in [-0.25, -0.2) is 0 Å². The number of carbonyl (C=O) groups excluding carboxylic acids is 1. The average molecular weight is 454 g/mol. The van der Waals surface area contributed by atoms with Crippen molar-refractivity contribution in [3.63, 3.8) is 0 Å². The molecule has 0 aliphatic heterocycles. The van der Waals surface area contributed by atoms with Crippen LogP contribution in [0.25, 0.3) is 0 Å². The fourth-order valence-corrected chi connectivity index (χ4v) is 3.66. The van der Waals surface area contributed by atoms with Gasteiger partial charge in [0, 0.05) is 11.6 Å². The van der Waals surface area contributed by atoms with Gasteiger partial charge in [0.15, 0.2) is 0 Å². The fourth-order valence-electron chi connectivity index (χ4n) is 2.71. The van der Waals surface area contributed by atoms with Crippen LogP contribution in [0.4, 0.5) is 0 Å². The second-order valence-corrected chi connectivity index (χ2v) is 8.72. The lowest BCUT2D eigenvalue weighted by Gasteiger charge is -2.23. The first kappa shape index (κ1) is 21.2. The summed E-state index contributed by atoms with van der Waals surface area (Å²) in [4.78, 5) is 14.7. The minimum atomic E-state index is -3.66. The Morgan fingerprint density at radius 3 is 2.52 bits per heavy atom. The topological polar surface area (TPSA) is 76.8 Å². The molecule has 0 bridgehead atoms. The third kappa shape index (κ3) is 6.00. The lowest BCUT2D eigenvalue weighted by atomic mass is 10.1. The molecule has 1 aromatic heterocycles. The second-order valence-electron chi connectivity index (χ2n) is 6.30. The van der Waals surface area contributed by atoms with Crippen LogP contribution in [0, 0.1) is 0 Å². The zero-order chi connectivity index (χ0) is 21.0. The molecule has 9 heteroatoms. The zero-order valence-corrected chi connectivity index (χ0v) is 17.7. The van der Waals surface area contributed by atoms with Crippen molar-refractivity contribution in [3.05, 3.63) is 87.8 Å². The number of furan rings is 1. The van der Waals surface area contributed by atoms with Gasteiger partial charge < -0.3 is 13.5 Å². The Morgan fingerprint density at radius 1 is 1.07 bits per heavy atom. The summed E-state index contributed by atoms with van der Waals surface area (Å²) in [7, 11) is -3.66. The van der Waals surface area contributed by atoms with Gasteiger partial charge in [0.2, 0.25) is 0 Å². The van der Waals surface area contributed by atoms with Crippen molar-refractivity contribution in [1.82, 2.24) is 4.90 Å². The van der Waals surface area contributed by atoms with Gasteiger partial charge in [0.1, 0.15) is 11.5 Å². The van der Waals surface area contributed by atoms with E-state index in [0.29, 0.717) is 21.9 Å². The predicted octanol–water partition coefficient (Wildman–Crippen LogP) is 4.77.